The molecule has 1 heterocycles. The molecule has 0 radical (unpaired) electrons. The molecule has 110 valence electrons. The van der Waals surface area contributed by atoms with Crippen LogP contribution in [-0.2, 0) is 6.42 Å². The van der Waals surface area contributed by atoms with Gasteiger partial charge in [0, 0.05) is 6.54 Å². The maximum atomic E-state index is 11.9. The van der Waals surface area contributed by atoms with Crippen LogP contribution in [0, 0.1) is 6.92 Å². The van der Waals surface area contributed by atoms with E-state index in [9.17, 15) is 9.59 Å². The number of carbonyl (C=O) groups excluding carboxylic acids is 1. The molecule has 0 bridgehead atoms. The molecule has 0 saturated heterocycles. The molecule has 1 amide bonds. The standard InChI is InChI=1S/C14H15N3O3S/c1-8-11(21-14(15)17-8)12(18)16-7-6-9-2-4-10(5-3-9)13(19)20/h2-5H,6-7H2,1H3,(H2,15,17)(H,16,18)(H,19,20). The number of benzene rings is 1. The zero-order valence-electron chi connectivity index (χ0n) is 11.4. The van der Waals surface area contributed by atoms with Crippen molar-refractivity contribution in [2.75, 3.05) is 12.3 Å². The number of aromatic carboxylic acids is 1. The first kappa shape index (κ1) is 15.0. The lowest BCUT2D eigenvalue weighted by atomic mass is 10.1. The van der Waals surface area contributed by atoms with Crippen LogP contribution in [0.2, 0.25) is 0 Å². The summed E-state index contributed by atoms with van der Waals surface area (Å²) in [5, 5.41) is 12.0. The Bertz CT molecular complexity index is 665. The zero-order chi connectivity index (χ0) is 15.4. The summed E-state index contributed by atoms with van der Waals surface area (Å²) in [6.07, 6.45) is 0.624. The lowest BCUT2D eigenvalue weighted by Gasteiger charge is -2.05. The van der Waals surface area contributed by atoms with Gasteiger partial charge in [-0.15, -0.1) is 0 Å². The van der Waals surface area contributed by atoms with E-state index in [2.05, 4.69) is 10.3 Å². The molecule has 0 aliphatic rings. The molecule has 0 aliphatic carbocycles. The number of hydrogen-bond donors (Lipinski definition) is 3. The van der Waals surface area contributed by atoms with Crippen LogP contribution in [0.3, 0.4) is 0 Å². The maximum Gasteiger partial charge on any atom is 0.335 e. The minimum absolute atomic E-state index is 0.191. The smallest absolute Gasteiger partial charge is 0.335 e. The molecular formula is C14H15N3O3S. The monoisotopic (exact) mass is 305 g/mol. The van der Waals surface area contributed by atoms with Gasteiger partial charge < -0.3 is 16.2 Å². The van der Waals surface area contributed by atoms with Gasteiger partial charge in [-0.3, -0.25) is 4.79 Å². The molecule has 0 fully saturated rings. The van der Waals surface area contributed by atoms with Crippen molar-refractivity contribution in [1.29, 1.82) is 0 Å². The van der Waals surface area contributed by atoms with Crippen molar-refractivity contribution >= 4 is 28.3 Å². The predicted octanol–water partition coefficient (Wildman–Crippen LogP) is 1.70. The number of aryl methyl sites for hydroxylation is 1. The van der Waals surface area contributed by atoms with Crippen molar-refractivity contribution in [2.24, 2.45) is 0 Å². The highest BCUT2D eigenvalue weighted by atomic mass is 32.1. The molecule has 0 aliphatic heterocycles. The second kappa shape index (κ2) is 6.36. The summed E-state index contributed by atoms with van der Waals surface area (Å²) in [6.45, 7) is 2.20. The number of carbonyl (C=O) groups is 2. The summed E-state index contributed by atoms with van der Waals surface area (Å²) in [5.74, 6) is -1.14. The number of nitrogen functional groups attached to an aromatic ring is 1. The molecule has 0 atom stereocenters. The minimum Gasteiger partial charge on any atom is -0.478 e. The molecule has 6 nitrogen and oxygen atoms in total. The Balaban J connectivity index is 1.88. The highest BCUT2D eigenvalue weighted by Crippen LogP contribution is 2.19. The Labute approximate surface area is 125 Å². The third-order valence-corrected chi connectivity index (χ3v) is 3.90. The van der Waals surface area contributed by atoms with Crippen LogP contribution in [-0.4, -0.2) is 28.5 Å². The summed E-state index contributed by atoms with van der Waals surface area (Å²) >= 11 is 1.16. The van der Waals surface area contributed by atoms with E-state index in [-0.39, 0.29) is 11.5 Å². The normalized spacial score (nSPS) is 10.3. The minimum atomic E-state index is -0.951. The molecule has 0 saturated carbocycles. The van der Waals surface area contributed by atoms with E-state index >= 15 is 0 Å². The second-order valence-electron chi connectivity index (χ2n) is 4.47. The second-order valence-corrected chi connectivity index (χ2v) is 5.51. The van der Waals surface area contributed by atoms with Gasteiger partial charge in [0.05, 0.1) is 11.3 Å². The van der Waals surface area contributed by atoms with Gasteiger partial charge >= 0.3 is 5.97 Å². The number of nitrogens with one attached hydrogen (secondary N) is 1. The fourth-order valence-electron chi connectivity index (χ4n) is 1.84. The summed E-state index contributed by atoms with van der Waals surface area (Å²) in [5.41, 5.74) is 7.39. The predicted molar refractivity (Wildman–Crippen MR) is 80.7 cm³/mol. The van der Waals surface area contributed by atoms with Crippen LogP contribution in [0.25, 0.3) is 0 Å². The lowest BCUT2D eigenvalue weighted by Crippen LogP contribution is -2.25. The van der Waals surface area contributed by atoms with E-state index in [1.54, 1.807) is 31.2 Å². The molecule has 1 aromatic heterocycles. The quantitative estimate of drug-likeness (QED) is 0.779. The van der Waals surface area contributed by atoms with Crippen LogP contribution >= 0.6 is 11.3 Å². The van der Waals surface area contributed by atoms with E-state index in [1.165, 1.54) is 0 Å². The fourth-order valence-corrected chi connectivity index (χ4v) is 2.59. The van der Waals surface area contributed by atoms with Gasteiger partial charge in [-0.05, 0) is 31.0 Å². The van der Waals surface area contributed by atoms with Gasteiger partial charge in [0.25, 0.3) is 5.91 Å². The van der Waals surface area contributed by atoms with E-state index in [0.29, 0.717) is 28.7 Å². The number of nitrogens with zero attached hydrogens (tertiary/aromatic N) is 1. The van der Waals surface area contributed by atoms with Crippen molar-refractivity contribution in [3.63, 3.8) is 0 Å². The number of aromatic nitrogens is 1. The third-order valence-electron chi connectivity index (χ3n) is 2.92. The van der Waals surface area contributed by atoms with Gasteiger partial charge in [-0.25, -0.2) is 9.78 Å². The van der Waals surface area contributed by atoms with E-state index < -0.39 is 5.97 Å². The van der Waals surface area contributed by atoms with Crippen LogP contribution < -0.4 is 11.1 Å². The largest absolute Gasteiger partial charge is 0.478 e. The van der Waals surface area contributed by atoms with Crippen molar-refractivity contribution < 1.29 is 14.7 Å². The topological polar surface area (TPSA) is 105 Å². The van der Waals surface area contributed by atoms with Crippen LogP contribution in [0.1, 0.15) is 31.3 Å². The molecule has 0 unspecified atom stereocenters. The number of hydrogen-bond acceptors (Lipinski definition) is 5. The Morgan fingerprint density at radius 1 is 1.33 bits per heavy atom. The number of carboxylic acids is 1. The molecule has 2 rings (SSSR count). The Morgan fingerprint density at radius 3 is 2.52 bits per heavy atom. The zero-order valence-corrected chi connectivity index (χ0v) is 12.2. The number of anilines is 1. The Hall–Kier alpha value is -2.41. The molecule has 7 heteroatoms. The fraction of sp³-hybridized carbons (Fsp3) is 0.214. The highest BCUT2D eigenvalue weighted by molar-refractivity contribution is 7.17. The van der Waals surface area contributed by atoms with E-state index in [1.807, 2.05) is 0 Å². The SMILES string of the molecule is Cc1nc(N)sc1C(=O)NCCc1ccc(C(=O)O)cc1. The first-order valence-corrected chi connectivity index (χ1v) is 7.12. The molecule has 21 heavy (non-hydrogen) atoms. The number of rotatable bonds is 5. The summed E-state index contributed by atoms with van der Waals surface area (Å²) in [7, 11) is 0. The van der Waals surface area contributed by atoms with Crippen molar-refractivity contribution in [3.05, 3.63) is 46.0 Å². The number of thiazole rings is 1. The third kappa shape index (κ3) is 3.79. The van der Waals surface area contributed by atoms with Crippen LogP contribution in [0.15, 0.2) is 24.3 Å². The molecule has 0 spiro atoms. The van der Waals surface area contributed by atoms with Gasteiger partial charge in [-0.2, -0.15) is 0 Å². The first-order valence-electron chi connectivity index (χ1n) is 6.30. The molecule has 1 aromatic carbocycles. The van der Waals surface area contributed by atoms with Crippen LogP contribution in [0.5, 0.6) is 0 Å². The van der Waals surface area contributed by atoms with Gasteiger partial charge in [0.2, 0.25) is 0 Å². The first-order chi connectivity index (χ1) is 9.97. The summed E-state index contributed by atoms with van der Waals surface area (Å²) in [4.78, 5) is 27.2. The van der Waals surface area contributed by atoms with Gasteiger partial charge in [-0.1, -0.05) is 23.5 Å². The van der Waals surface area contributed by atoms with E-state index in [0.717, 1.165) is 16.9 Å². The van der Waals surface area contributed by atoms with E-state index in [4.69, 9.17) is 10.8 Å². The number of nitrogens with two attached hydrogens (primary N) is 1. The van der Waals surface area contributed by atoms with Crippen molar-refractivity contribution in [1.82, 2.24) is 10.3 Å². The van der Waals surface area contributed by atoms with Crippen LogP contribution in [0.4, 0.5) is 5.13 Å². The average Bonchev–Trinajstić information content (AvgIpc) is 2.78. The van der Waals surface area contributed by atoms with Crippen molar-refractivity contribution in [3.8, 4) is 0 Å². The highest BCUT2D eigenvalue weighted by Gasteiger charge is 2.13. The maximum absolute atomic E-state index is 11.9. The lowest BCUT2D eigenvalue weighted by molar-refractivity contribution is 0.0696. The molecular weight excluding hydrogens is 290 g/mol. The Morgan fingerprint density at radius 2 is 2.00 bits per heavy atom. The van der Waals surface area contributed by atoms with Gasteiger partial charge in [0.1, 0.15) is 4.88 Å². The van der Waals surface area contributed by atoms with Gasteiger partial charge in [0.15, 0.2) is 5.13 Å². The summed E-state index contributed by atoms with van der Waals surface area (Å²) in [6, 6.07) is 6.58. The van der Waals surface area contributed by atoms with Crippen molar-refractivity contribution in [2.45, 2.75) is 13.3 Å². The molecule has 2 aromatic rings. The number of amides is 1. The number of carboxylic acid groups (broad SMARTS) is 1. The average molecular weight is 305 g/mol. The molecule has 4 N–H and O–H groups in total. The Kier molecular flexibility index (Phi) is 4.54. The summed E-state index contributed by atoms with van der Waals surface area (Å²) < 4.78 is 0.